The van der Waals surface area contributed by atoms with Gasteiger partial charge in [-0.15, -0.1) is 10.2 Å². The van der Waals surface area contributed by atoms with Crippen LogP contribution in [0.2, 0.25) is 0 Å². The third-order valence-corrected chi connectivity index (χ3v) is 1.88. The topological polar surface area (TPSA) is 81.6 Å². The summed E-state index contributed by atoms with van der Waals surface area (Å²) in [5.74, 6) is 0. The molecule has 74 valence electrons. The number of hydrogen-bond donors (Lipinski definition) is 1. The van der Waals surface area contributed by atoms with Gasteiger partial charge in [-0.3, -0.25) is 0 Å². The zero-order chi connectivity index (χ0) is 9.80. The largest absolute Gasteiger partial charge is 0.396 e. The quantitative estimate of drug-likeness (QED) is 0.695. The monoisotopic (exact) mass is 194 g/mol. The molecule has 7 heteroatoms. The van der Waals surface area contributed by atoms with Crippen LogP contribution in [-0.2, 0) is 0 Å². The fraction of sp³-hybridized carbons (Fsp3) is 0.429. The molecule has 0 atom stereocenters. The van der Waals surface area contributed by atoms with Crippen molar-refractivity contribution in [3.8, 4) is 0 Å². The summed E-state index contributed by atoms with van der Waals surface area (Å²) in [5.41, 5.74) is 0. The number of rotatable bonds is 4. The molecule has 14 heavy (non-hydrogen) atoms. The summed E-state index contributed by atoms with van der Waals surface area (Å²) >= 11 is 0. The number of aliphatic hydroxyl groups is 1. The Kier molecular flexibility index (Phi) is 2.50. The maximum atomic E-state index is 8.91. The standard InChI is InChI=1S/C7H10N6O/c14-6-1-7(12-4-2-8-10-12)13-5-3-9-11-13/h2-5,7,14H,1,6H2. The molecule has 2 rings (SSSR count). The summed E-state index contributed by atoms with van der Waals surface area (Å²) in [5, 5.41) is 24.0. The number of aliphatic hydroxyl groups excluding tert-OH is 1. The molecule has 2 heterocycles. The molecule has 2 aromatic heterocycles. The van der Waals surface area contributed by atoms with Crippen LogP contribution in [0.5, 0.6) is 0 Å². The van der Waals surface area contributed by atoms with E-state index in [0.29, 0.717) is 6.42 Å². The minimum absolute atomic E-state index is 0.0599. The minimum atomic E-state index is -0.162. The highest BCUT2D eigenvalue weighted by atomic mass is 16.3. The molecule has 0 saturated heterocycles. The molecular formula is C7H10N6O. The Balaban J connectivity index is 2.25. The second kappa shape index (κ2) is 3.97. The molecule has 7 nitrogen and oxygen atoms in total. The lowest BCUT2D eigenvalue weighted by atomic mass is 10.3. The second-order valence-electron chi connectivity index (χ2n) is 2.76. The van der Waals surface area contributed by atoms with Crippen LogP contribution in [0, 0.1) is 0 Å². The van der Waals surface area contributed by atoms with Crippen LogP contribution in [0.15, 0.2) is 24.8 Å². The summed E-state index contributed by atoms with van der Waals surface area (Å²) in [6.07, 6.45) is 6.98. The van der Waals surface area contributed by atoms with Crippen LogP contribution < -0.4 is 0 Å². The van der Waals surface area contributed by atoms with Crippen molar-refractivity contribution in [2.24, 2.45) is 0 Å². The number of nitrogens with zero attached hydrogens (tertiary/aromatic N) is 6. The van der Waals surface area contributed by atoms with E-state index in [1.165, 1.54) is 0 Å². The van der Waals surface area contributed by atoms with Crippen LogP contribution in [0.4, 0.5) is 0 Å². The average molecular weight is 194 g/mol. The summed E-state index contributed by atoms with van der Waals surface area (Å²) in [6, 6.07) is 0. The molecule has 0 amide bonds. The highest BCUT2D eigenvalue weighted by Gasteiger charge is 2.13. The van der Waals surface area contributed by atoms with E-state index in [4.69, 9.17) is 5.11 Å². The Morgan fingerprint density at radius 3 is 2.00 bits per heavy atom. The molecule has 0 aromatic carbocycles. The van der Waals surface area contributed by atoms with E-state index in [1.807, 2.05) is 0 Å². The van der Waals surface area contributed by atoms with E-state index in [0.717, 1.165) is 0 Å². The molecule has 0 aliphatic heterocycles. The lowest BCUT2D eigenvalue weighted by molar-refractivity contribution is 0.224. The first-order valence-electron chi connectivity index (χ1n) is 4.24. The Labute approximate surface area is 80.0 Å². The molecule has 0 aliphatic carbocycles. The van der Waals surface area contributed by atoms with Crippen molar-refractivity contribution in [2.45, 2.75) is 12.6 Å². The summed E-state index contributed by atoms with van der Waals surface area (Å²) in [7, 11) is 0. The van der Waals surface area contributed by atoms with E-state index in [9.17, 15) is 0 Å². The van der Waals surface area contributed by atoms with Crippen molar-refractivity contribution in [2.75, 3.05) is 6.61 Å². The Bertz CT molecular complexity index is 321. The van der Waals surface area contributed by atoms with Crippen molar-refractivity contribution in [1.82, 2.24) is 30.0 Å². The second-order valence-corrected chi connectivity index (χ2v) is 2.76. The summed E-state index contributed by atoms with van der Waals surface area (Å²) in [6.45, 7) is 0.0599. The molecule has 0 radical (unpaired) electrons. The van der Waals surface area contributed by atoms with Gasteiger partial charge in [-0.1, -0.05) is 10.4 Å². The molecule has 2 aromatic rings. The molecule has 1 N–H and O–H groups in total. The molecule has 0 saturated carbocycles. The van der Waals surface area contributed by atoms with E-state index >= 15 is 0 Å². The van der Waals surface area contributed by atoms with Gasteiger partial charge in [-0.05, 0) is 0 Å². The van der Waals surface area contributed by atoms with Gasteiger partial charge in [0.15, 0.2) is 0 Å². The van der Waals surface area contributed by atoms with E-state index in [1.54, 1.807) is 34.2 Å². The third-order valence-electron chi connectivity index (χ3n) is 1.88. The van der Waals surface area contributed by atoms with Crippen LogP contribution >= 0.6 is 0 Å². The lowest BCUT2D eigenvalue weighted by Gasteiger charge is -2.14. The Morgan fingerprint density at radius 2 is 1.64 bits per heavy atom. The zero-order valence-corrected chi connectivity index (χ0v) is 7.43. The molecule has 0 spiro atoms. The normalized spacial score (nSPS) is 11.0. The first-order valence-corrected chi connectivity index (χ1v) is 4.24. The van der Waals surface area contributed by atoms with Crippen molar-refractivity contribution in [3.05, 3.63) is 24.8 Å². The van der Waals surface area contributed by atoms with Crippen LogP contribution in [-0.4, -0.2) is 41.7 Å². The molecular weight excluding hydrogens is 184 g/mol. The van der Waals surface area contributed by atoms with Gasteiger partial charge in [0, 0.05) is 25.4 Å². The third kappa shape index (κ3) is 1.62. The van der Waals surface area contributed by atoms with Gasteiger partial charge in [0.25, 0.3) is 0 Å². The predicted molar refractivity (Wildman–Crippen MR) is 46.2 cm³/mol. The number of aromatic nitrogens is 6. The number of hydrogen-bond acceptors (Lipinski definition) is 5. The molecule has 0 fully saturated rings. The van der Waals surface area contributed by atoms with Gasteiger partial charge in [0.1, 0.15) is 6.17 Å². The fourth-order valence-corrected chi connectivity index (χ4v) is 1.25. The molecule has 0 aliphatic rings. The van der Waals surface area contributed by atoms with Gasteiger partial charge in [0.2, 0.25) is 0 Å². The Morgan fingerprint density at radius 1 is 1.07 bits per heavy atom. The van der Waals surface area contributed by atoms with E-state index in [2.05, 4.69) is 20.6 Å². The molecule has 0 bridgehead atoms. The highest BCUT2D eigenvalue weighted by molar-refractivity contribution is 4.76. The fourth-order valence-electron chi connectivity index (χ4n) is 1.25. The van der Waals surface area contributed by atoms with E-state index in [-0.39, 0.29) is 12.8 Å². The van der Waals surface area contributed by atoms with Gasteiger partial charge in [-0.25, -0.2) is 9.36 Å². The van der Waals surface area contributed by atoms with Crippen LogP contribution in [0.3, 0.4) is 0 Å². The van der Waals surface area contributed by atoms with Gasteiger partial charge in [0.05, 0.1) is 12.4 Å². The lowest BCUT2D eigenvalue weighted by Crippen LogP contribution is -2.20. The van der Waals surface area contributed by atoms with Crippen molar-refractivity contribution < 1.29 is 5.11 Å². The van der Waals surface area contributed by atoms with Crippen LogP contribution in [0.1, 0.15) is 12.6 Å². The highest BCUT2D eigenvalue weighted by Crippen LogP contribution is 2.09. The maximum Gasteiger partial charge on any atom is 0.149 e. The van der Waals surface area contributed by atoms with Crippen LogP contribution in [0.25, 0.3) is 0 Å². The summed E-state index contributed by atoms with van der Waals surface area (Å²) in [4.78, 5) is 0. The van der Waals surface area contributed by atoms with Crippen molar-refractivity contribution in [3.63, 3.8) is 0 Å². The van der Waals surface area contributed by atoms with Crippen molar-refractivity contribution >= 4 is 0 Å². The summed E-state index contributed by atoms with van der Waals surface area (Å²) < 4.78 is 3.26. The Hall–Kier alpha value is -1.76. The van der Waals surface area contributed by atoms with Crippen molar-refractivity contribution in [1.29, 1.82) is 0 Å². The average Bonchev–Trinajstić information content (AvgIpc) is 2.87. The predicted octanol–water partition coefficient (Wildman–Crippen LogP) is -0.701. The smallest absolute Gasteiger partial charge is 0.149 e. The SMILES string of the molecule is OCCC(n1ccnn1)n1ccnn1. The first-order chi connectivity index (χ1) is 6.92. The molecule has 0 unspecified atom stereocenters. The first kappa shape index (κ1) is 8.82. The van der Waals surface area contributed by atoms with Gasteiger partial charge in [-0.2, -0.15) is 0 Å². The van der Waals surface area contributed by atoms with E-state index < -0.39 is 0 Å². The van der Waals surface area contributed by atoms with Gasteiger partial charge >= 0.3 is 0 Å². The van der Waals surface area contributed by atoms with Gasteiger partial charge < -0.3 is 5.11 Å². The maximum absolute atomic E-state index is 8.91. The zero-order valence-electron chi connectivity index (χ0n) is 7.43. The minimum Gasteiger partial charge on any atom is -0.396 e.